The van der Waals surface area contributed by atoms with E-state index in [-0.39, 0.29) is 0 Å². The molecule has 0 aliphatic heterocycles. The van der Waals surface area contributed by atoms with E-state index in [1.807, 2.05) is 13.8 Å². The van der Waals surface area contributed by atoms with Crippen molar-refractivity contribution >= 4 is 5.69 Å². The number of nitrogen functional groups attached to an aromatic ring is 1. The van der Waals surface area contributed by atoms with Crippen LogP contribution in [0.5, 0.6) is 17.4 Å². The molecule has 94 valence electrons. The van der Waals surface area contributed by atoms with Crippen molar-refractivity contribution in [2.24, 2.45) is 0 Å². The van der Waals surface area contributed by atoms with E-state index >= 15 is 0 Å². The van der Waals surface area contributed by atoms with Crippen LogP contribution in [-0.2, 0) is 0 Å². The highest BCUT2D eigenvalue weighted by Gasteiger charge is 2.06. The fraction of sp³-hybridized carbons (Fsp3) is 0.231. The number of aryl methyl sites for hydroxylation is 2. The molecule has 2 rings (SSSR count). The SMILES string of the molecule is COc1ccc(N)c(Oc2cnc(C)c(C)n2)c1. The minimum absolute atomic E-state index is 0.415. The van der Waals surface area contributed by atoms with Crippen LogP contribution in [0.4, 0.5) is 5.69 Å². The highest BCUT2D eigenvalue weighted by molar-refractivity contribution is 5.56. The molecule has 18 heavy (non-hydrogen) atoms. The Morgan fingerprint density at radius 3 is 2.61 bits per heavy atom. The summed E-state index contributed by atoms with van der Waals surface area (Å²) in [4.78, 5) is 8.47. The van der Waals surface area contributed by atoms with Crippen molar-refractivity contribution in [3.63, 3.8) is 0 Å². The van der Waals surface area contributed by atoms with Crippen LogP contribution in [0.25, 0.3) is 0 Å². The van der Waals surface area contributed by atoms with Crippen LogP contribution in [0, 0.1) is 13.8 Å². The topological polar surface area (TPSA) is 70.3 Å². The maximum Gasteiger partial charge on any atom is 0.238 e. The van der Waals surface area contributed by atoms with Crippen LogP contribution in [-0.4, -0.2) is 17.1 Å². The Balaban J connectivity index is 2.30. The molecule has 0 spiro atoms. The van der Waals surface area contributed by atoms with Gasteiger partial charge in [0.25, 0.3) is 0 Å². The van der Waals surface area contributed by atoms with Gasteiger partial charge in [-0.15, -0.1) is 0 Å². The fourth-order valence-corrected chi connectivity index (χ4v) is 1.41. The van der Waals surface area contributed by atoms with Gasteiger partial charge in [-0.3, -0.25) is 4.98 Å². The average molecular weight is 245 g/mol. The molecule has 0 atom stereocenters. The number of hydrogen-bond acceptors (Lipinski definition) is 5. The lowest BCUT2D eigenvalue weighted by atomic mass is 10.3. The predicted octanol–water partition coefficient (Wildman–Crippen LogP) is 2.48. The van der Waals surface area contributed by atoms with Crippen LogP contribution in [0.3, 0.4) is 0 Å². The number of ether oxygens (including phenoxy) is 2. The van der Waals surface area contributed by atoms with Gasteiger partial charge >= 0.3 is 0 Å². The summed E-state index contributed by atoms with van der Waals surface area (Å²) in [6.07, 6.45) is 1.57. The molecule has 0 aliphatic rings. The van der Waals surface area contributed by atoms with Gasteiger partial charge in [0.15, 0.2) is 5.75 Å². The maximum absolute atomic E-state index is 5.83. The summed E-state index contributed by atoms with van der Waals surface area (Å²) < 4.78 is 10.7. The van der Waals surface area contributed by atoms with E-state index in [9.17, 15) is 0 Å². The quantitative estimate of drug-likeness (QED) is 0.841. The summed E-state index contributed by atoms with van der Waals surface area (Å²) in [5.41, 5.74) is 8.06. The first-order chi connectivity index (χ1) is 8.60. The zero-order valence-corrected chi connectivity index (χ0v) is 10.6. The van der Waals surface area contributed by atoms with Gasteiger partial charge in [0.1, 0.15) is 5.75 Å². The summed E-state index contributed by atoms with van der Waals surface area (Å²) in [6.45, 7) is 3.77. The Morgan fingerprint density at radius 1 is 1.17 bits per heavy atom. The van der Waals surface area contributed by atoms with Crippen LogP contribution in [0.1, 0.15) is 11.4 Å². The third-order valence-corrected chi connectivity index (χ3v) is 2.61. The summed E-state index contributed by atoms with van der Waals surface area (Å²) in [7, 11) is 1.59. The van der Waals surface area contributed by atoms with Gasteiger partial charge in [0.2, 0.25) is 5.88 Å². The lowest BCUT2D eigenvalue weighted by molar-refractivity contribution is 0.407. The molecule has 0 fully saturated rings. The smallest absolute Gasteiger partial charge is 0.238 e. The molecule has 0 aliphatic carbocycles. The number of methoxy groups -OCH3 is 1. The summed E-state index contributed by atoms with van der Waals surface area (Å²) in [6, 6.07) is 5.21. The van der Waals surface area contributed by atoms with Gasteiger partial charge in [-0.2, -0.15) is 0 Å². The first-order valence-electron chi connectivity index (χ1n) is 5.52. The maximum atomic E-state index is 5.83. The van der Waals surface area contributed by atoms with E-state index < -0.39 is 0 Å². The Bertz CT molecular complexity index is 570. The molecule has 1 aromatic carbocycles. The molecule has 2 aromatic rings. The molecule has 0 unspecified atom stereocenters. The van der Waals surface area contributed by atoms with Gasteiger partial charge in [-0.25, -0.2) is 4.98 Å². The molecule has 1 heterocycles. The lowest BCUT2D eigenvalue weighted by Gasteiger charge is -2.09. The molecule has 0 radical (unpaired) electrons. The van der Waals surface area contributed by atoms with Crippen LogP contribution < -0.4 is 15.2 Å². The van der Waals surface area contributed by atoms with Gasteiger partial charge in [0, 0.05) is 6.07 Å². The molecule has 0 saturated carbocycles. The second kappa shape index (κ2) is 4.91. The zero-order chi connectivity index (χ0) is 13.1. The standard InChI is InChI=1S/C13H15N3O2/c1-8-9(2)16-13(7-15-8)18-12-6-10(17-3)4-5-11(12)14/h4-7H,14H2,1-3H3. The van der Waals surface area contributed by atoms with E-state index in [2.05, 4.69) is 9.97 Å². The summed E-state index contributed by atoms with van der Waals surface area (Å²) >= 11 is 0. The fourth-order valence-electron chi connectivity index (χ4n) is 1.41. The van der Waals surface area contributed by atoms with Crippen LogP contribution in [0.15, 0.2) is 24.4 Å². The molecule has 0 saturated heterocycles. The predicted molar refractivity (Wildman–Crippen MR) is 69.0 cm³/mol. The number of anilines is 1. The number of nitrogens with two attached hydrogens (primary N) is 1. The Labute approximate surface area is 106 Å². The number of nitrogens with zero attached hydrogens (tertiary/aromatic N) is 2. The van der Waals surface area contributed by atoms with Crippen molar-refractivity contribution in [1.29, 1.82) is 0 Å². The number of aromatic nitrogens is 2. The Kier molecular flexibility index (Phi) is 3.32. The van der Waals surface area contributed by atoms with Gasteiger partial charge in [0.05, 0.1) is 30.4 Å². The second-order valence-corrected chi connectivity index (χ2v) is 3.88. The van der Waals surface area contributed by atoms with E-state index in [1.165, 1.54) is 0 Å². The highest BCUT2D eigenvalue weighted by Crippen LogP contribution is 2.30. The normalized spacial score (nSPS) is 10.2. The first-order valence-corrected chi connectivity index (χ1v) is 5.52. The van der Waals surface area contributed by atoms with Crippen molar-refractivity contribution in [2.75, 3.05) is 12.8 Å². The minimum Gasteiger partial charge on any atom is -0.497 e. The van der Waals surface area contributed by atoms with Gasteiger partial charge in [-0.05, 0) is 26.0 Å². The Hall–Kier alpha value is -2.30. The lowest BCUT2D eigenvalue weighted by Crippen LogP contribution is -1.98. The third-order valence-electron chi connectivity index (χ3n) is 2.61. The monoisotopic (exact) mass is 245 g/mol. The van der Waals surface area contributed by atoms with E-state index in [0.717, 1.165) is 11.4 Å². The number of benzene rings is 1. The van der Waals surface area contributed by atoms with E-state index in [4.69, 9.17) is 15.2 Å². The molecule has 5 heteroatoms. The highest BCUT2D eigenvalue weighted by atomic mass is 16.5. The van der Waals surface area contributed by atoms with Gasteiger partial charge < -0.3 is 15.2 Å². The number of hydrogen-bond donors (Lipinski definition) is 1. The van der Waals surface area contributed by atoms with Crippen molar-refractivity contribution < 1.29 is 9.47 Å². The molecular formula is C13H15N3O2. The second-order valence-electron chi connectivity index (χ2n) is 3.88. The molecule has 2 N–H and O–H groups in total. The number of rotatable bonds is 3. The first kappa shape index (κ1) is 12.2. The molecule has 1 aromatic heterocycles. The third kappa shape index (κ3) is 2.51. The summed E-state index contributed by atoms with van der Waals surface area (Å²) in [5.74, 6) is 1.60. The van der Waals surface area contributed by atoms with Crippen molar-refractivity contribution in [2.45, 2.75) is 13.8 Å². The largest absolute Gasteiger partial charge is 0.497 e. The molecule has 0 bridgehead atoms. The minimum atomic E-state index is 0.415. The Morgan fingerprint density at radius 2 is 1.94 bits per heavy atom. The van der Waals surface area contributed by atoms with Crippen molar-refractivity contribution in [3.05, 3.63) is 35.8 Å². The summed E-state index contributed by atoms with van der Waals surface area (Å²) in [5, 5.41) is 0. The molecule has 5 nitrogen and oxygen atoms in total. The van der Waals surface area contributed by atoms with Crippen molar-refractivity contribution in [1.82, 2.24) is 9.97 Å². The molecular weight excluding hydrogens is 230 g/mol. The van der Waals surface area contributed by atoms with Gasteiger partial charge in [-0.1, -0.05) is 0 Å². The van der Waals surface area contributed by atoms with E-state index in [1.54, 1.807) is 31.5 Å². The zero-order valence-electron chi connectivity index (χ0n) is 10.6. The van der Waals surface area contributed by atoms with Crippen LogP contribution >= 0.6 is 0 Å². The van der Waals surface area contributed by atoms with E-state index in [0.29, 0.717) is 23.1 Å². The average Bonchev–Trinajstić information content (AvgIpc) is 2.36. The van der Waals surface area contributed by atoms with Crippen molar-refractivity contribution in [3.8, 4) is 17.4 Å². The van der Waals surface area contributed by atoms with Crippen LogP contribution in [0.2, 0.25) is 0 Å². The molecule has 0 amide bonds.